The van der Waals surface area contributed by atoms with E-state index in [4.69, 9.17) is 0 Å². The van der Waals surface area contributed by atoms with Crippen molar-refractivity contribution in [2.75, 3.05) is 0 Å². The molecule has 2 heterocycles. The van der Waals surface area contributed by atoms with Crippen molar-refractivity contribution in [1.82, 2.24) is 10.3 Å². The summed E-state index contributed by atoms with van der Waals surface area (Å²) in [6.45, 7) is 0. The topological polar surface area (TPSA) is 27.6 Å². The molecular formula is C11H9BrF3N3. The minimum absolute atomic E-state index is 0.0851. The minimum atomic E-state index is -1.18. The van der Waals surface area contributed by atoms with Gasteiger partial charge < -0.3 is 5.32 Å². The molecule has 2 aliphatic heterocycles. The molecule has 1 fully saturated rings. The van der Waals surface area contributed by atoms with Gasteiger partial charge in [-0.25, -0.2) is 13.2 Å². The molecule has 7 heteroatoms. The van der Waals surface area contributed by atoms with E-state index in [9.17, 15) is 13.2 Å². The maximum absolute atomic E-state index is 13.8. The Labute approximate surface area is 110 Å². The monoisotopic (exact) mass is 319 g/mol. The van der Waals surface area contributed by atoms with Crippen LogP contribution in [-0.4, -0.2) is 22.1 Å². The normalized spacial score (nSPS) is 30.1. The lowest BCUT2D eigenvalue weighted by atomic mass is 10.0. The van der Waals surface area contributed by atoms with Gasteiger partial charge in [0, 0.05) is 12.0 Å². The predicted octanol–water partition coefficient (Wildman–Crippen LogP) is 2.64. The number of nitrogens with one attached hydrogen (secondary N) is 1. The van der Waals surface area contributed by atoms with Crippen LogP contribution in [0.4, 0.5) is 13.2 Å². The number of nitrogens with zero attached hydrogens (tertiary/aromatic N) is 2. The largest absolute Gasteiger partial charge is 0.339 e. The van der Waals surface area contributed by atoms with E-state index in [0.717, 1.165) is 18.2 Å². The van der Waals surface area contributed by atoms with Crippen LogP contribution in [0.3, 0.4) is 0 Å². The van der Waals surface area contributed by atoms with E-state index in [1.54, 1.807) is 0 Å². The van der Waals surface area contributed by atoms with E-state index in [2.05, 4.69) is 26.3 Å². The molecule has 0 bridgehead atoms. The second kappa shape index (κ2) is 4.15. The summed E-state index contributed by atoms with van der Waals surface area (Å²) >= 11 is 3.12. The Morgan fingerprint density at radius 2 is 2.17 bits per heavy atom. The van der Waals surface area contributed by atoms with Crippen molar-refractivity contribution in [3.63, 3.8) is 0 Å². The van der Waals surface area contributed by atoms with E-state index in [1.807, 2.05) is 0 Å². The number of hydrogen-bond acceptors (Lipinski definition) is 3. The van der Waals surface area contributed by atoms with Gasteiger partial charge in [-0.15, -0.1) is 5.10 Å². The zero-order valence-electron chi connectivity index (χ0n) is 9.08. The van der Waals surface area contributed by atoms with Crippen LogP contribution in [0.25, 0.3) is 0 Å². The van der Waals surface area contributed by atoms with Crippen LogP contribution in [-0.2, 0) is 0 Å². The van der Waals surface area contributed by atoms with E-state index in [1.165, 1.54) is 5.01 Å². The lowest BCUT2D eigenvalue weighted by Crippen LogP contribution is -2.38. The highest BCUT2D eigenvalue weighted by Crippen LogP contribution is 2.40. The number of rotatable bonds is 1. The van der Waals surface area contributed by atoms with Gasteiger partial charge in [-0.1, -0.05) is 0 Å². The van der Waals surface area contributed by atoms with Crippen LogP contribution >= 0.6 is 15.9 Å². The Kier molecular flexibility index (Phi) is 2.73. The van der Waals surface area contributed by atoms with Crippen LogP contribution in [0.1, 0.15) is 18.0 Å². The van der Waals surface area contributed by atoms with Gasteiger partial charge in [-0.2, -0.15) is 0 Å². The van der Waals surface area contributed by atoms with Crippen molar-refractivity contribution in [1.29, 1.82) is 0 Å². The molecule has 1 saturated heterocycles. The number of hydrazone groups is 1. The summed E-state index contributed by atoms with van der Waals surface area (Å²) < 4.78 is 41.1. The quantitative estimate of drug-likeness (QED) is 0.806. The Bertz CT molecular complexity index is 522. The number of fused-ring (bicyclic) bond motifs is 1. The summed E-state index contributed by atoms with van der Waals surface area (Å²) in [5.41, 5.74) is 0.132. The Morgan fingerprint density at radius 3 is 2.94 bits per heavy atom. The van der Waals surface area contributed by atoms with Gasteiger partial charge in [-0.3, -0.25) is 5.01 Å². The molecule has 3 rings (SSSR count). The van der Waals surface area contributed by atoms with Gasteiger partial charge in [0.05, 0.1) is 6.04 Å². The fourth-order valence-corrected chi connectivity index (χ4v) is 2.81. The number of halogens is 4. The van der Waals surface area contributed by atoms with Crippen LogP contribution in [0.15, 0.2) is 23.3 Å². The van der Waals surface area contributed by atoms with Crippen molar-refractivity contribution in [3.05, 3.63) is 35.4 Å². The smallest absolute Gasteiger partial charge is 0.191 e. The lowest BCUT2D eigenvalue weighted by Gasteiger charge is -2.22. The molecule has 2 aliphatic rings. The molecule has 0 aliphatic carbocycles. The molecule has 18 heavy (non-hydrogen) atoms. The number of hydrogen-bond donors (Lipinski definition) is 1. The molecule has 1 aromatic rings. The highest BCUT2D eigenvalue weighted by atomic mass is 79.9. The molecule has 0 spiro atoms. The van der Waals surface area contributed by atoms with E-state index >= 15 is 0 Å². The second-order valence-corrected chi connectivity index (χ2v) is 5.04. The molecule has 96 valence electrons. The first kappa shape index (κ1) is 11.8. The SMILES string of the molecule is Fc1ccc(F)c([C@@H]2C[C@H](F)C3NC(Br)=NN32)c1. The molecule has 1 aromatic carbocycles. The third-order valence-corrected chi connectivity index (χ3v) is 3.57. The summed E-state index contributed by atoms with van der Waals surface area (Å²) in [5, 5.41) is 8.29. The zero-order valence-corrected chi connectivity index (χ0v) is 10.7. The third-order valence-electron chi connectivity index (χ3n) is 3.18. The summed E-state index contributed by atoms with van der Waals surface area (Å²) in [6.07, 6.45) is -1.72. The summed E-state index contributed by atoms with van der Waals surface area (Å²) in [6, 6.07) is 2.59. The van der Waals surface area contributed by atoms with Crippen molar-refractivity contribution < 1.29 is 13.2 Å². The molecule has 1 unspecified atom stereocenters. The van der Waals surface area contributed by atoms with Crippen LogP contribution in [0.2, 0.25) is 0 Å². The summed E-state index contributed by atoms with van der Waals surface area (Å²) in [4.78, 5) is 0. The van der Waals surface area contributed by atoms with E-state index in [-0.39, 0.29) is 12.0 Å². The second-order valence-electron chi connectivity index (χ2n) is 4.29. The highest BCUT2D eigenvalue weighted by molar-refractivity contribution is 9.18. The summed E-state index contributed by atoms with van der Waals surface area (Å²) in [5.74, 6) is -1.09. The maximum Gasteiger partial charge on any atom is 0.191 e. The standard InChI is InChI=1S/C11H9BrF3N3/c12-11-16-10-8(15)4-9(18(10)17-11)6-3-5(13)1-2-7(6)14/h1-3,8-10H,4H2,(H,16,17)/t8-,9-,10?/m0/s1. The van der Waals surface area contributed by atoms with Gasteiger partial charge in [-0.05, 0) is 34.1 Å². The highest BCUT2D eigenvalue weighted by Gasteiger charge is 2.46. The zero-order chi connectivity index (χ0) is 12.9. The molecule has 0 radical (unpaired) electrons. The Hall–Kier alpha value is -1.24. The Balaban J connectivity index is 1.99. The van der Waals surface area contributed by atoms with Crippen molar-refractivity contribution in [3.8, 4) is 0 Å². The van der Waals surface area contributed by atoms with Crippen LogP contribution in [0, 0.1) is 11.6 Å². The molecule has 1 N–H and O–H groups in total. The van der Waals surface area contributed by atoms with Crippen LogP contribution in [0.5, 0.6) is 0 Å². The van der Waals surface area contributed by atoms with Crippen molar-refractivity contribution in [2.24, 2.45) is 5.10 Å². The minimum Gasteiger partial charge on any atom is -0.339 e. The van der Waals surface area contributed by atoms with Crippen LogP contribution < -0.4 is 5.32 Å². The lowest BCUT2D eigenvalue weighted by molar-refractivity contribution is 0.178. The Morgan fingerprint density at radius 1 is 1.39 bits per heavy atom. The van der Waals surface area contributed by atoms with Crippen molar-refractivity contribution >= 4 is 20.7 Å². The maximum atomic E-state index is 13.8. The van der Waals surface area contributed by atoms with Gasteiger partial charge in [0.15, 0.2) is 4.74 Å². The number of benzene rings is 1. The van der Waals surface area contributed by atoms with E-state index in [0.29, 0.717) is 4.74 Å². The van der Waals surface area contributed by atoms with Crippen molar-refractivity contribution in [2.45, 2.75) is 24.8 Å². The fraction of sp³-hybridized carbons (Fsp3) is 0.364. The average molecular weight is 320 g/mol. The predicted molar refractivity (Wildman–Crippen MR) is 63.7 cm³/mol. The third kappa shape index (κ3) is 1.77. The van der Waals surface area contributed by atoms with Gasteiger partial charge >= 0.3 is 0 Å². The molecule has 0 amide bonds. The molecule has 0 saturated carbocycles. The van der Waals surface area contributed by atoms with Gasteiger partial charge in [0.25, 0.3) is 0 Å². The molecule has 3 atom stereocenters. The number of amidine groups is 1. The first-order chi connectivity index (χ1) is 8.56. The molecular weight excluding hydrogens is 311 g/mol. The first-order valence-corrected chi connectivity index (χ1v) is 6.23. The number of alkyl halides is 1. The van der Waals surface area contributed by atoms with Gasteiger partial charge in [0.1, 0.15) is 24.0 Å². The molecule has 3 nitrogen and oxygen atoms in total. The average Bonchev–Trinajstić information content (AvgIpc) is 2.82. The first-order valence-electron chi connectivity index (χ1n) is 5.44. The van der Waals surface area contributed by atoms with Gasteiger partial charge in [0.2, 0.25) is 0 Å². The molecule has 0 aromatic heterocycles. The van der Waals surface area contributed by atoms with E-state index < -0.39 is 30.0 Å². The fourth-order valence-electron chi connectivity index (χ4n) is 2.39. The summed E-state index contributed by atoms with van der Waals surface area (Å²) in [7, 11) is 0.